The van der Waals surface area contributed by atoms with Crippen molar-refractivity contribution in [3.05, 3.63) is 28.4 Å². The Balaban J connectivity index is 1.99. The van der Waals surface area contributed by atoms with Crippen molar-refractivity contribution in [1.29, 1.82) is 0 Å². The van der Waals surface area contributed by atoms with Crippen molar-refractivity contribution in [2.24, 2.45) is 5.73 Å². The van der Waals surface area contributed by atoms with Crippen LogP contribution in [0.25, 0.3) is 0 Å². The number of amides is 1. The van der Waals surface area contributed by atoms with Crippen LogP contribution in [0.2, 0.25) is 0 Å². The molecule has 1 saturated heterocycles. The highest BCUT2D eigenvalue weighted by Gasteiger charge is 2.33. The van der Waals surface area contributed by atoms with Gasteiger partial charge in [0.2, 0.25) is 5.82 Å². The Hall–Kier alpha value is -2.42. The molecule has 1 fully saturated rings. The van der Waals surface area contributed by atoms with Crippen LogP contribution in [0.1, 0.15) is 33.6 Å². The lowest BCUT2D eigenvalue weighted by molar-refractivity contribution is -0.384. The van der Waals surface area contributed by atoms with Gasteiger partial charge in [0.25, 0.3) is 0 Å². The van der Waals surface area contributed by atoms with E-state index in [0.717, 1.165) is 0 Å². The number of likely N-dealkylation sites (tertiary alicyclic amines) is 1. The van der Waals surface area contributed by atoms with E-state index < -0.39 is 22.8 Å². The van der Waals surface area contributed by atoms with Gasteiger partial charge in [0, 0.05) is 31.3 Å². The van der Waals surface area contributed by atoms with E-state index in [9.17, 15) is 14.9 Å². The molecule has 2 heterocycles. The fourth-order valence-corrected chi connectivity index (χ4v) is 2.52. The minimum Gasteiger partial charge on any atom is -0.444 e. The minimum atomic E-state index is -0.583. The van der Waals surface area contributed by atoms with Crippen LogP contribution in [0.4, 0.5) is 16.3 Å². The lowest BCUT2D eigenvalue weighted by atomic mass is 10.0. The zero-order valence-electron chi connectivity index (χ0n) is 14.1. The van der Waals surface area contributed by atoms with E-state index in [4.69, 9.17) is 10.5 Å². The molecule has 9 heteroatoms. The second-order valence-electron chi connectivity index (χ2n) is 6.73. The van der Waals surface area contributed by atoms with E-state index in [1.807, 2.05) is 0 Å². The molecule has 0 radical (unpaired) electrons. The lowest BCUT2D eigenvalue weighted by Crippen LogP contribution is -2.54. The molecule has 1 aromatic heterocycles. The Kier molecular flexibility index (Phi) is 5.23. The molecule has 1 aliphatic rings. The monoisotopic (exact) mass is 337 g/mol. The zero-order chi connectivity index (χ0) is 17.9. The number of piperidine rings is 1. The summed E-state index contributed by atoms with van der Waals surface area (Å²) in [5.74, 6) is 0.213. The van der Waals surface area contributed by atoms with Gasteiger partial charge >= 0.3 is 11.8 Å². The van der Waals surface area contributed by atoms with Gasteiger partial charge in [-0.2, -0.15) is 0 Å². The Bertz CT molecular complexity index is 616. The summed E-state index contributed by atoms with van der Waals surface area (Å²) >= 11 is 0. The fourth-order valence-electron chi connectivity index (χ4n) is 2.52. The first kappa shape index (κ1) is 17.9. The number of nitrogens with zero attached hydrogens (tertiary/aromatic N) is 3. The lowest BCUT2D eigenvalue weighted by Gasteiger charge is -2.38. The van der Waals surface area contributed by atoms with Gasteiger partial charge in [-0.1, -0.05) is 0 Å². The number of nitrogens with one attached hydrogen (secondary N) is 1. The average Bonchev–Trinajstić information content (AvgIpc) is 2.45. The predicted octanol–water partition coefficient (Wildman–Crippen LogP) is 2.09. The maximum atomic E-state index is 12.1. The Labute approximate surface area is 140 Å². The maximum Gasteiger partial charge on any atom is 0.411 e. The highest BCUT2D eigenvalue weighted by molar-refractivity contribution is 5.68. The topological polar surface area (TPSA) is 124 Å². The van der Waals surface area contributed by atoms with Gasteiger partial charge < -0.3 is 15.8 Å². The summed E-state index contributed by atoms with van der Waals surface area (Å²) < 4.78 is 5.34. The molecule has 0 aliphatic carbocycles. The van der Waals surface area contributed by atoms with Crippen molar-refractivity contribution < 1.29 is 14.5 Å². The predicted molar refractivity (Wildman–Crippen MR) is 88.5 cm³/mol. The van der Waals surface area contributed by atoms with Crippen molar-refractivity contribution in [1.82, 2.24) is 9.88 Å². The van der Waals surface area contributed by atoms with Crippen molar-refractivity contribution in [3.63, 3.8) is 0 Å². The number of anilines is 1. The summed E-state index contributed by atoms with van der Waals surface area (Å²) in [6.07, 6.45) is 1.57. The Morgan fingerprint density at radius 2 is 2.25 bits per heavy atom. The molecule has 9 nitrogen and oxygen atoms in total. The molecule has 1 amide bonds. The standard InChI is InChI=1S/C15H23N5O4/c1-15(2,3)24-14(21)19-8-6-10(9-12(19)16)18-13-11(20(22)23)5-4-7-17-13/h4-5,7,10,12H,6,8-9,16H2,1-3H3,(H,17,18). The van der Waals surface area contributed by atoms with Gasteiger partial charge in [0.15, 0.2) is 0 Å². The van der Waals surface area contributed by atoms with Gasteiger partial charge in [0.1, 0.15) is 5.60 Å². The summed E-state index contributed by atoms with van der Waals surface area (Å²) in [7, 11) is 0. The summed E-state index contributed by atoms with van der Waals surface area (Å²) in [6, 6.07) is 2.80. The van der Waals surface area contributed by atoms with Gasteiger partial charge in [-0.25, -0.2) is 9.78 Å². The van der Waals surface area contributed by atoms with E-state index in [-0.39, 0.29) is 17.5 Å². The number of carbonyl (C=O) groups is 1. The van der Waals surface area contributed by atoms with Gasteiger partial charge in [-0.15, -0.1) is 0 Å². The second-order valence-corrected chi connectivity index (χ2v) is 6.73. The number of nitro groups is 1. The van der Waals surface area contributed by atoms with Crippen LogP contribution in [0.15, 0.2) is 18.3 Å². The van der Waals surface area contributed by atoms with E-state index >= 15 is 0 Å². The van der Waals surface area contributed by atoms with Gasteiger partial charge in [0.05, 0.1) is 11.1 Å². The Morgan fingerprint density at radius 1 is 1.54 bits per heavy atom. The van der Waals surface area contributed by atoms with Crippen LogP contribution in [0, 0.1) is 10.1 Å². The molecule has 2 rings (SSSR count). The summed E-state index contributed by atoms with van der Waals surface area (Å²) in [5, 5.41) is 14.1. The summed E-state index contributed by atoms with van der Waals surface area (Å²) in [4.78, 5) is 28.2. The minimum absolute atomic E-state index is 0.0827. The van der Waals surface area contributed by atoms with Crippen LogP contribution in [-0.2, 0) is 4.74 Å². The number of carbonyl (C=O) groups excluding carboxylic acids is 1. The van der Waals surface area contributed by atoms with Crippen molar-refractivity contribution >= 4 is 17.6 Å². The van der Waals surface area contributed by atoms with Crippen molar-refractivity contribution in [2.45, 2.75) is 51.4 Å². The summed E-state index contributed by atoms with van der Waals surface area (Å²) in [5.41, 5.74) is 5.41. The molecule has 1 aromatic rings. The fraction of sp³-hybridized carbons (Fsp3) is 0.600. The molecule has 0 bridgehead atoms. The van der Waals surface area contributed by atoms with Gasteiger partial charge in [-0.3, -0.25) is 15.0 Å². The number of nitrogens with two attached hydrogens (primary N) is 1. The van der Waals surface area contributed by atoms with E-state index in [2.05, 4.69) is 10.3 Å². The van der Waals surface area contributed by atoms with E-state index in [0.29, 0.717) is 19.4 Å². The molecule has 132 valence electrons. The number of hydrogen-bond acceptors (Lipinski definition) is 7. The molecule has 2 unspecified atom stereocenters. The van der Waals surface area contributed by atoms with Crippen molar-refractivity contribution in [3.8, 4) is 0 Å². The van der Waals surface area contributed by atoms with Crippen LogP contribution >= 0.6 is 0 Å². The normalized spacial score (nSPS) is 21.2. The number of rotatable bonds is 3. The SMILES string of the molecule is CC(C)(C)OC(=O)N1CCC(Nc2ncccc2[N+](=O)[O-])CC1N. The first-order valence-electron chi connectivity index (χ1n) is 7.78. The zero-order valence-corrected chi connectivity index (χ0v) is 14.1. The number of aromatic nitrogens is 1. The highest BCUT2D eigenvalue weighted by Crippen LogP contribution is 2.25. The molecular weight excluding hydrogens is 314 g/mol. The molecule has 3 N–H and O–H groups in total. The third-order valence-corrected chi connectivity index (χ3v) is 3.60. The molecule has 24 heavy (non-hydrogen) atoms. The molecule has 1 aliphatic heterocycles. The largest absolute Gasteiger partial charge is 0.444 e. The van der Waals surface area contributed by atoms with Crippen molar-refractivity contribution in [2.75, 3.05) is 11.9 Å². The van der Waals surface area contributed by atoms with Gasteiger partial charge in [-0.05, 0) is 33.3 Å². The van der Waals surface area contributed by atoms with E-state index in [1.165, 1.54) is 23.2 Å². The number of pyridine rings is 1. The second kappa shape index (κ2) is 7.00. The van der Waals surface area contributed by atoms with Crippen LogP contribution in [0.5, 0.6) is 0 Å². The maximum absolute atomic E-state index is 12.1. The van der Waals surface area contributed by atoms with E-state index in [1.54, 1.807) is 20.8 Å². The highest BCUT2D eigenvalue weighted by atomic mass is 16.6. The molecule has 0 saturated carbocycles. The first-order chi connectivity index (χ1) is 11.2. The smallest absolute Gasteiger partial charge is 0.411 e. The average molecular weight is 337 g/mol. The number of ether oxygens (including phenoxy) is 1. The third kappa shape index (κ3) is 4.54. The molecule has 0 spiro atoms. The summed E-state index contributed by atoms with van der Waals surface area (Å²) in [6.45, 7) is 5.80. The molecule has 2 atom stereocenters. The van der Waals surface area contributed by atoms with Crippen LogP contribution in [-0.4, -0.2) is 45.3 Å². The third-order valence-electron chi connectivity index (χ3n) is 3.60. The number of hydrogen-bond donors (Lipinski definition) is 2. The first-order valence-corrected chi connectivity index (χ1v) is 7.78. The molecule has 0 aromatic carbocycles. The van der Waals surface area contributed by atoms with Crippen LogP contribution in [0.3, 0.4) is 0 Å². The molecular formula is C15H23N5O4. The van der Waals surface area contributed by atoms with Crippen LogP contribution < -0.4 is 11.1 Å². The Morgan fingerprint density at radius 3 is 2.83 bits per heavy atom. The quantitative estimate of drug-likeness (QED) is 0.639.